The Kier molecular flexibility index (Phi) is 6.62. The molecule has 1 saturated carbocycles. The quantitative estimate of drug-likeness (QED) is 0.728. The summed E-state index contributed by atoms with van der Waals surface area (Å²) in [6.45, 7) is 6.70. The van der Waals surface area contributed by atoms with Gasteiger partial charge in [-0.3, -0.25) is 4.79 Å². The standard InChI is InChI=1S/C23H32N4O2/c1-5-18(3)26(23(29)24-19-10-8-17(2)9-11-19)16-22(28)27(20-12-13-20)15-21-7-6-14-25(21)4/h6-11,14,18,20H,5,12-13,15-16H2,1-4H3,(H,24,29)/t18-/m1/s1. The van der Waals surface area contributed by atoms with Gasteiger partial charge in [0.05, 0.1) is 6.54 Å². The van der Waals surface area contributed by atoms with Gasteiger partial charge in [0.1, 0.15) is 6.54 Å². The molecule has 1 heterocycles. The van der Waals surface area contributed by atoms with Crippen molar-refractivity contribution in [3.8, 4) is 0 Å². The lowest BCUT2D eigenvalue weighted by atomic mass is 10.2. The number of amides is 3. The van der Waals surface area contributed by atoms with Gasteiger partial charge in [0.25, 0.3) is 0 Å². The largest absolute Gasteiger partial charge is 0.353 e. The fourth-order valence-corrected chi connectivity index (χ4v) is 3.36. The number of hydrogen-bond donors (Lipinski definition) is 1. The molecule has 0 saturated heterocycles. The molecule has 0 unspecified atom stereocenters. The minimum atomic E-state index is -0.230. The average Bonchev–Trinajstić information content (AvgIpc) is 3.47. The molecule has 0 spiro atoms. The number of aryl methyl sites for hydroxylation is 2. The third-order valence-electron chi connectivity index (χ3n) is 5.68. The van der Waals surface area contributed by atoms with Gasteiger partial charge in [0.2, 0.25) is 5.91 Å². The van der Waals surface area contributed by atoms with Crippen LogP contribution < -0.4 is 5.32 Å². The van der Waals surface area contributed by atoms with E-state index in [1.807, 2.05) is 79.9 Å². The summed E-state index contributed by atoms with van der Waals surface area (Å²) in [7, 11) is 1.99. The normalized spacial score (nSPS) is 14.3. The van der Waals surface area contributed by atoms with E-state index in [1.54, 1.807) is 4.90 Å². The molecule has 3 rings (SSSR count). The molecule has 1 aliphatic rings. The average molecular weight is 397 g/mol. The number of hydrogen-bond acceptors (Lipinski definition) is 2. The van der Waals surface area contributed by atoms with Gasteiger partial charge >= 0.3 is 6.03 Å². The van der Waals surface area contributed by atoms with Gasteiger partial charge < -0.3 is 19.7 Å². The first kappa shape index (κ1) is 21.0. The molecule has 3 amide bonds. The predicted octanol–water partition coefficient (Wildman–Crippen LogP) is 4.16. The van der Waals surface area contributed by atoms with Crippen LogP contribution in [0.2, 0.25) is 0 Å². The van der Waals surface area contributed by atoms with Crippen LogP contribution in [0.5, 0.6) is 0 Å². The van der Waals surface area contributed by atoms with E-state index in [-0.39, 0.29) is 30.6 Å². The molecule has 6 heteroatoms. The summed E-state index contributed by atoms with van der Waals surface area (Å²) in [6.07, 6.45) is 4.85. The van der Waals surface area contributed by atoms with Gasteiger partial charge in [-0.05, 0) is 57.4 Å². The number of nitrogens with zero attached hydrogens (tertiary/aromatic N) is 3. The summed E-state index contributed by atoms with van der Waals surface area (Å²) in [6, 6.07) is 11.8. The highest BCUT2D eigenvalue weighted by Crippen LogP contribution is 2.29. The third-order valence-corrected chi connectivity index (χ3v) is 5.68. The number of rotatable bonds is 8. The molecule has 1 atom stereocenters. The van der Waals surface area contributed by atoms with Crippen LogP contribution in [0.25, 0.3) is 0 Å². The van der Waals surface area contributed by atoms with Gasteiger partial charge in [-0.2, -0.15) is 0 Å². The van der Waals surface area contributed by atoms with Gasteiger partial charge in [-0.25, -0.2) is 4.79 Å². The second-order valence-corrected chi connectivity index (χ2v) is 8.04. The molecule has 0 radical (unpaired) electrons. The van der Waals surface area contributed by atoms with Crippen molar-refractivity contribution in [3.63, 3.8) is 0 Å². The molecule has 6 nitrogen and oxygen atoms in total. The highest BCUT2D eigenvalue weighted by atomic mass is 16.2. The molecule has 1 aromatic carbocycles. The van der Waals surface area contributed by atoms with Crippen molar-refractivity contribution in [3.05, 3.63) is 53.9 Å². The Hall–Kier alpha value is -2.76. The lowest BCUT2D eigenvalue weighted by molar-refractivity contribution is -0.133. The Morgan fingerprint density at radius 1 is 1.21 bits per heavy atom. The first-order valence-corrected chi connectivity index (χ1v) is 10.4. The van der Waals surface area contributed by atoms with Crippen molar-refractivity contribution < 1.29 is 9.59 Å². The maximum atomic E-state index is 13.2. The van der Waals surface area contributed by atoms with E-state index < -0.39 is 0 Å². The van der Waals surface area contributed by atoms with Crippen molar-refractivity contribution >= 4 is 17.6 Å². The summed E-state index contributed by atoms with van der Waals surface area (Å²) in [5.41, 5.74) is 2.98. The van der Waals surface area contributed by atoms with Crippen molar-refractivity contribution in [1.82, 2.24) is 14.4 Å². The van der Waals surface area contributed by atoms with Gasteiger partial charge in [-0.1, -0.05) is 24.6 Å². The van der Waals surface area contributed by atoms with Crippen molar-refractivity contribution in [1.29, 1.82) is 0 Å². The number of carbonyl (C=O) groups excluding carboxylic acids is 2. The second-order valence-electron chi connectivity index (χ2n) is 8.04. The Labute approximate surface area is 173 Å². The topological polar surface area (TPSA) is 57.6 Å². The van der Waals surface area contributed by atoms with E-state index in [4.69, 9.17) is 0 Å². The highest BCUT2D eigenvalue weighted by molar-refractivity contribution is 5.92. The van der Waals surface area contributed by atoms with Crippen LogP contribution in [0.4, 0.5) is 10.5 Å². The smallest absolute Gasteiger partial charge is 0.322 e. The number of nitrogens with one attached hydrogen (secondary N) is 1. The molecule has 156 valence electrons. The number of carbonyl (C=O) groups is 2. The SMILES string of the molecule is CC[C@@H](C)N(CC(=O)N(Cc1cccn1C)C1CC1)C(=O)Nc1ccc(C)cc1. The van der Waals surface area contributed by atoms with Crippen LogP contribution in [0.3, 0.4) is 0 Å². The third kappa shape index (κ3) is 5.40. The van der Waals surface area contributed by atoms with Crippen LogP contribution >= 0.6 is 0 Å². The Morgan fingerprint density at radius 2 is 1.90 bits per heavy atom. The van der Waals surface area contributed by atoms with Gasteiger partial charge in [0, 0.05) is 36.7 Å². The van der Waals surface area contributed by atoms with E-state index in [1.165, 1.54) is 0 Å². The van der Waals surface area contributed by atoms with Crippen LogP contribution in [0.15, 0.2) is 42.6 Å². The van der Waals surface area contributed by atoms with E-state index in [2.05, 4.69) is 5.32 Å². The summed E-state index contributed by atoms with van der Waals surface area (Å²) < 4.78 is 2.04. The zero-order valence-electron chi connectivity index (χ0n) is 17.9. The molecule has 0 bridgehead atoms. The van der Waals surface area contributed by atoms with E-state index in [0.29, 0.717) is 6.54 Å². The molecule has 1 N–H and O–H groups in total. The number of aromatic nitrogens is 1. The summed E-state index contributed by atoms with van der Waals surface area (Å²) in [4.78, 5) is 29.7. The maximum absolute atomic E-state index is 13.2. The molecular weight excluding hydrogens is 364 g/mol. The predicted molar refractivity (Wildman–Crippen MR) is 116 cm³/mol. The number of benzene rings is 1. The Balaban J connectivity index is 1.70. The molecule has 1 fully saturated rings. The number of urea groups is 1. The molecule has 1 aromatic heterocycles. The van der Waals surface area contributed by atoms with Crippen molar-refractivity contribution in [2.75, 3.05) is 11.9 Å². The second kappa shape index (κ2) is 9.16. The molecule has 1 aliphatic carbocycles. The van der Waals surface area contributed by atoms with Crippen molar-refractivity contribution in [2.45, 2.75) is 58.7 Å². The molecule has 29 heavy (non-hydrogen) atoms. The summed E-state index contributed by atoms with van der Waals surface area (Å²) in [5.74, 6) is 0.00746. The maximum Gasteiger partial charge on any atom is 0.322 e. The Bertz CT molecular complexity index is 839. The fraction of sp³-hybridized carbons (Fsp3) is 0.478. The fourth-order valence-electron chi connectivity index (χ4n) is 3.36. The highest BCUT2D eigenvalue weighted by Gasteiger charge is 2.34. The summed E-state index contributed by atoms with van der Waals surface area (Å²) >= 11 is 0. The van der Waals surface area contributed by atoms with Crippen LogP contribution in [-0.2, 0) is 18.4 Å². The molecular formula is C23H32N4O2. The van der Waals surface area contributed by atoms with E-state index in [9.17, 15) is 9.59 Å². The van der Waals surface area contributed by atoms with Gasteiger partial charge in [0.15, 0.2) is 0 Å². The van der Waals surface area contributed by atoms with Crippen molar-refractivity contribution in [2.24, 2.45) is 7.05 Å². The first-order chi connectivity index (χ1) is 13.9. The van der Waals surface area contributed by atoms with Crippen LogP contribution in [-0.4, -0.2) is 44.9 Å². The zero-order valence-corrected chi connectivity index (χ0v) is 17.9. The van der Waals surface area contributed by atoms with E-state index in [0.717, 1.165) is 36.2 Å². The molecule has 2 aromatic rings. The summed E-state index contributed by atoms with van der Waals surface area (Å²) in [5, 5.41) is 2.94. The van der Waals surface area contributed by atoms with Crippen LogP contribution in [0, 0.1) is 6.92 Å². The van der Waals surface area contributed by atoms with Gasteiger partial charge in [-0.15, -0.1) is 0 Å². The molecule has 0 aliphatic heterocycles. The minimum Gasteiger partial charge on any atom is -0.353 e. The number of anilines is 1. The monoisotopic (exact) mass is 396 g/mol. The minimum absolute atomic E-state index is 0.00746. The van der Waals surface area contributed by atoms with Crippen LogP contribution in [0.1, 0.15) is 44.4 Å². The lowest BCUT2D eigenvalue weighted by Crippen LogP contribution is -2.48. The Morgan fingerprint density at radius 3 is 2.45 bits per heavy atom. The van der Waals surface area contributed by atoms with E-state index >= 15 is 0 Å². The zero-order chi connectivity index (χ0) is 21.0. The first-order valence-electron chi connectivity index (χ1n) is 10.4. The lowest BCUT2D eigenvalue weighted by Gasteiger charge is -2.31.